The molecule has 2 aromatic carbocycles. The van der Waals surface area contributed by atoms with Gasteiger partial charge in [-0.3, -0.25) is 9.69 Å². The van der Waals surface area contributed by atoms with E-state index in [1.54, 1.807) is 0 Å². The minimum absolute atomic E-state index is 0.0604. The summed E-state index contributed by atoms with van der Waals surface area (Å²) in [6, 6.07) is 17.2. The first-order chi connectivity index (χ1) is 11.2. The second kappa shape index (κ2) is 8.70. The maximum atomic E-state index is 12.3. The van der Waals surface area contributed by atoms with E-state index in [-0.39, 0.29) is 11.9 Å². The van der Waals surface area contributed by atoms with Gasteiger partial charge in [-0.2, -0.15) is 0 Å². The van der Waals surface area contributed by atoms with Crippen molar-refractivity contribution >= 4 is 17.5 Å². The van der Waals surface area contributed by atoms with Crippen LogP contribution in [0.25, 0.3) is 0 Å². The molecule has 122 valence electrons. The van der Waals surface area contributed by atoms with E-state index in [1.807, 2.05) is 54.6 Å². The summed E-state index contributed by atoms with van der Waals surface area (Å²) >= 11 is 6.37. The number of hydrogen-bond acceptors (Lipinski definition) is 2. The van der Waals surface area contributed by atoms with Crippen LogP contribution in [0.15, 0.2) is 54.6 Å². The van der Waals surface area contributed by atoms with Crippen LogP contribution in [0.4, 0.5) is 0 Å². The highest BCUT2D eigenvalue weighted by Crippen LogP contribution is 2.27. The van der Waals surface area contributed by atoms with Gasteiger partial charge in [0.25, 0.3) is 5.91 Å². The Balaban J connectivity index is 2.15. The molecule has 3 nitrogen and oxygen atoms in total. The second-order valence-electron chi connectivity index (χ2n) is 5.33. The van der Waals surface area contributed by atoms with Gasteiger partial charge in [-0.25, -0.2) is 0 Å². The van der Waals surface area contributed by atoms with Crippen LogP contribution in [0.3, 0.4) is 0 Å². The van der Waals surface area contributed by atoms with E-state index in [1.165, 1.54) is 0 Å². The van der Waals surface area contributed by atoms with Crippen molar-refractivity contribution in [2.75, 3.05) is 19.6 Å². The zero-order valence-corrected chi connectivity index (χ0v) is 14.4. The molecule has 0 aromatic heterocycles. The average Bonchev–Trinajstić information content (AvgIpc) is 2.60. The van der Waals surface area contributed by atoms with Crippen LogP contribution in [-0.4, -0.2) is 30.4 Å². The molecule has 0 bridgehead atoms. The number of likely N-dealkylation sites (N-methyl/N-ethyl adjacent to an activating group) is 1. The molecule has 0 aliphatic rings. The van der Waals surface area contributed by atoms with E-state index in [0.717, 1.165) is 23.7 Å². The van der Waals surface area contributed by atoms with Gasteiger partial charge in [0.15, 0.2) is 0 Å². The first kappa shape index (κ1) is 17.5. The molecule has 1 N–H and O–H groups in total. The van der Waals surface area contributed by atoms with E-state index >= 15 is 0 Å². The SMILES string of the molecule is CCN(CC)[C@H](CNC(=O)c1ccccc1)c1ccccc1Cl. The summed E-state index contributed by atoms with van der Waals surface area (Å²) in [5.74, 6) is -0.0604. The third kappa shape index (κ3) is 4.57. The van der Waals surface area contributed by atoms with E-state index in [4.69, 9.17) is 11.6 Å². The molecule has 23 heavy (non-hydrogen) atoms. The number of hydrogen-bond donors (Lipinski definition) is 1. The van der Waals surface area contributed by atoms with Crippen molar-refractivity contribution in [1.29, 1.82) is 0 Å². The summed E-state index contributed by atoms with van der Waals surface area (Å²) in [6.07, 6.45) is 0. The lowest BCUT2D eigenvalue weighted by molar-refractivity contribution is 0.0935. The fourth-order valence-corrected chi connectivity index (χ4v) is 2.99. The van der Waals surface area contributed by atoms with E-state index in [9.17, 15) is 4.79 Å². The van der Waals surface area contributed by atoms with Crippen LogP contribution in [0.1, 0.15) is 35.8 Å². The van der Waals surface area contributed by atoms with Gasteiger partial charge in [0.05, 0.1) is 6.04 Å². The lowest BCUT2D eigenvalue weighted by atomic mass is 10.0. The zero-order valence-electron chi connectivity index (χ0n) is 13.6. The maximum absolute atomic E-state index is 12.3. The smallest absolute Gasteiger partial charge is 0.251 e. The molecule has 0 aliphatic carbocycles. The molecule has 0 saturated heterocycles. The van der Waals surface area contributed by atoms with Crippen molar-refractivity contribution in [3.63, 3.8) is 0 Å². The van der Waals surface area contributed by atoms with Crippen LogP contribution in [0, 0.1) is 0 Å². The lowest BCUT2D eigenvalue weighted by Gasteiger charge is -2.31. The molecule has 1 amide bonds. The van der Waals surface area contributed by atoms with Gasteiger partial charge in [0.2, 0.25) is 0 Å². The average molecular weight is 331 g/mol. The van der Waals surface area contributed by atoms with Gasteiger partial charge in [-0.1, -0.05) is 61.8 Å². The largest absolute Gasteiger partial charge is 0.350 e. The molecule has 4 heteroatoms. The highest BCUT2D eigenvalue weighted by Gasteiger charge is 2.21. The summed E-state index contributed by atoms with van der Waals surface area (Å²) in [5.41, 5.74) is 1.72. The van der Waals surface area contributed by atoms with Gasteiger partial charge >= 0.3 is 0 Å². The molecular weight excluding hydrogens is 308 g/mol. The van der Waals surface area contributed by atoms with Crippen LogP contribution in [0.2, 0.25) is 5.02 Å². The third-order valence-corrected chi connectivity index (χ3v) is 4.35. The lowest BCUT2D eigenvalue weighted by Crippen LogP contribution is -2.38. The van der Waals surface area contributed by atoms with Crippen LogP contribution < -0.4 is 5.32 Å². The highest BCUT2D eigenvalue weighted by atomic mass is 35.5. The van der Waals surface area contributed by atoms with Gasteiger partial charge in [0.1, 0.15) is 0 Å². The number of amides is 1. The fourth-order valence-electron chi connectivity index (χ4n) is 2.73. The van der Waals surface area contributed by atoms with Crippen LogP contribution >= 0.6 is 11.6 Å². The molecule has 2 aromatic rings. The highest BCUT2D eigenvalue weighted by molar-refractivity contribution is 6.31. The molecule has 0 aliphatic heterocycles. The Bertz CT molecular complexity index is 626. The fraction of sp³-hybridized carbons (Fsp3) is 0.316. The molecule has 1 atom stereocenters. The number of benzene rings is 2. The van der Waals surface area contributed by atoms with Gasteiger partial charge in [-0.15, -0.1) is 0 Å². The van der Waals surface area contributed by atoms with Crippen LogP contribution in [0.5, 0.6) is 0 Å². The van der Waals surface area contributed by atoms with Crippen LogP contribution in [-0.2, 0) is 0 Å². The molecule has 0 spiro atoms. The van der Waals surface area contributed by atoms with Gasteiger partial charge < -0.3 is 5.32 Å². The van der Waals surface area contributed by atoms with E-state index in [2.05, 4.69) is 24.1 Å². The molecule has 0 fully saturated rings. The predicted molar refractivity (Wildman–Crippen MR) is 95.9 cm³/mol. The van der Waals surface area contributed by atoms with Crippen molar-refractivity contribution < 1.29 is 4.79 Å². The first-order valence-corrected chi connectivity index (χ1v) is 8.36. The molecular formula is C19H23ClN2O. The number of carbonyl (C=O) groups is 1. The Hall–Kier alpha value is -1.84. The number of rotatable bonds is 7. The summed E-state index contributed by atoms with van der Waals surface area (Å²) in [5, 5.41) is 3.77. The molecule has 0 saturated carbocycles. The molecule has 0 unspecified atom stereocenters. The number of nitrogens with zero attached hydrogens (tertiary/aromatic N) is 1. The summed E-state index contributed by atoms with van der Waals surface area (Å²) in [6.45, 7) is 6.55. The Labute approximate surface area is 143 Å². The first-order valence-electron chi connectivity index (χ1n) is 7.99. The van der Waals surface area contributed by atoms with Crippen molar-refractivity contribution in [3.05, 3.63) is 70.7 Å². The molecule has 0 radical (unpaired) electrons. The maximum Gasteiger partial charge on any atom is 0.251 e. The standard InChI is InChI=1S/C19H23ClN2O/c1-3-22(4-2)18(16-12-8-9-13-17(16)20)14-21-19(23)15-10-6-5-7-11-15/h5-13,18H,3-4,14H2,1-2H3,(H,21,23)/t18-/m1/s1. The van der Waals surface area contributed by atoms with Gasteiger partial charge in [-0.05, 0) is 36.9 Å². The van der Waals surface area contributed by atoms with Crippen molar-refractivity contribution in [2.24, 2.45) is 0 Å². The number of nitrogens with one attached hydrogen (secondary N) is 1. The Morgan fingerprint density at radius 1 is 1.04 bits per heavy atom. The van der Waals surface area contributed by atoms with Crippen molar-refractivity contribution in [3.8, 4) is 0 Å². The van der Waals surface area contributed by atoms with E-state index in [0.29, 0.717) is 12.1 Å². The quantitative estimate of drug-likeness (QED) is 0.827. The minimum atomic E-state index is -0.0604. The van der Waals surface area contributed by atoms with Gasteiger partial charge in [0, 0.05) is 17.1 Å². The second-order valence-corrected chi connectivity index (χ2v) is 5.74. The topological polar surface area (TPSA) is 32.3 Å². The molecule has 2 rings (SSSR count). The Morgan fingerprint density at radius 3 is 2.26 bits per heavy atom. The predicted octanol–water partition coefficient (Wildman–Crippen LogP) is 4.15. The minimum Gasteiger partial charge on any atom is -0.350 e. The van der Waals surface area contributed by atoms with E-state index < -0.39 is 0 Å². The zero-order chi connectivity index (χ0) is 16.7. The monoisotopic (exact) mass is 330 g/mol. The Kier molecular flexibility index (Phi) is 6.63. The summed E-state index contributed by atoms with van der Waals surface area (Å²) in [7, 11) is 0. The number of carbonyl (C=O) groups excluding carboxylic acids is 1. The van der Waals surface area contributed by atoms with Crippen molar-refractivity contribution in [2.45, 2.75) is 19.9 Å². The Morgan fingerprint density at radius 2 is 1.65 bits per heavy atom. The normalized spacial score (nSPS) is 12.2. The summed E-state index contributed by atoms with van der Waals surface area (Å²) < 4.78 is 0. The summed E-state index contributed by atoms with van der Waals surface area (Å²) in [4.78, 5) is 14.6. The third-order valence-electron chi connectivity index (χ3n) is 4.01. The van der Waals surface area contributed by atoms with Crippen molar-refractivity contribution in [1.82, 2.24) is 10.2 Å². The number of halogens is 1. The molecule has 0 heterocycles.